The molecule has 0 spiro atoms. The Balaban J connectivity index is 1.23. The first-order chi connectivity index (χ1) is 18.3. The standard InChI is InChI=1S/C28H37ClN8O/c1-17-14-24(31-28-30-16-23(29)26(33-28)32-25-15-19(3)34-35-25)18(2)13-22(17)20-7-11-37(12-8-20)27(38)21-5-9-36(4)10-6-21/h13-16,20-21H,5-12H2,1-4H3,(H3,30,31,32,33,34,35). The first-order valence-corrected chi connectivity index (χ1v) is 13.8. The average molecular weight is 537 g/mol. The van der Waals surface area contributed by atoms with Crippen molar-refractivity contribution in [1.82, 2.24) is 30.0 Å². The first kappa shape index (κ1) is 26.4. The number of H-pyrrole nitrogens is 1. The van der Waals surface area contributed by atoms with Crippen LogP contribution in [0.4, 0.5) is 23.3 Å². The second kappa shape index (κ2) is 11.3. The van der Waals surface area contributed by atoms with Crippen molar-refractivity contribution in [3.63, 3.8) is 0 Å². The summed E-state index contributed by atoms with van der Waals surface area (Å²) in [6.45, 7) is 9.93. The molecule has 1 aromatic carbocycles. The number of likely N-dealkylation sites (tertiary alicyclic amines) is 2. The molecular weight excluding hydrogens is 500 g/mol. The Bertz CT molecular complexity index is 1290. The molecule has 10 heteroatoms. The highest BCUT2D eigenvalue weighted by molar-refractivity contribution is 6.32. The van der Waals surface area contributed by atoms with Crippen molar-refractivity contribution in [2.45, 2.75) is 52.4 Å². The van der Waals surface area contributed by atoms with Gasteiger partial charge in [0.05, 0.1) is 6.20 Å². The normalized spacial score (nSPS) is 17.6. The Morgan fingerprint density at radius 2 is 1.74 bits per heavy atom. The number of hydrogen-bond acceptors (Lipinski definition) is 7. The van der Waals surface area contributed by atoms with Crippen molar-refractivity contribution in [1.29, 1.82) is 0 Å². The summed E-state index contributed by atoms with van der Waals surface area (Å²) in [5, 5.41) is 14.0. The first-order valence-electron chi connectivity index (χ1n) is 13.4. The number of aryl methyl sites for hydroxylation is 3. The third-order valence-electron chi connectivity index (χ3n) is 7.87. The Labute approximate surface area is 229 Å². The zero-order valence-corrected chi connectivity index (χ0v) is 23.4. The summed E-state index contributed by atoms with van der Waals surface area (Å²) in [6, 6.07) is 6.33. The Morgan fingerprint density at radius 1 is 1.00 bits per heavy atom. The van der Waals surface area contributed by atoms with E-state index in [1.165, 1.54) is 11.1 Å². The van der Waals surface area contributed by atoms with Crippen LogP contribution in [0.2, 0.25) is 5.02 Å². The summed E-state index contributed by atoms with van der Waals surface area (Å²) in [7, 11) is 2.14. The predicted molar refractivity (Wildman–Crippen MR) is 152 cm³/mol. The van der Waals surface area contributed by atoms with Gasteiger partial charge in [-0.3, -0.25) is 9.89 Å². The van der Waals surface area contributed by atoms with E-state index < -0.39 is 0 Å². The van der Waals surface area contributed by atoms with Gasteiger partial charge in [-0.1, -0.05) is 17.7 Å². The van der Waals surface area contributed by atoms with Crippen LogP contribution < -0.4 is 10.6 Å². The van der Waals surface area contributed by atoms with E-state index in [-0.39, 0.29) is 5.92 Å². The molecule has 4 heterocycles. The number of anilines is 4. The third kappa shape index (κ3) is 5.94. The quantitative estimate of drug-likeness (QED) is 0.392. The largest absolute Gasteiger partial charge is 0.342 e. The van der Waals surface area contributed by atoms with Crippen LogP contribution in [0.3, 0.4) is 0 Å². The lowest BCUT2D eigenvalue weighted by Crippen LogP contribution is -2.44. The molecule has 0 radical (unpaired) electrons. The van der Waals surface area contributed by atoms with Gasteiger partial charge in [0.1, 0.15) is 5.02 Å². The summed E-state index contributed by atoms with van der Waals surface area (Å²) >= 11 is 6.32. The van der Waals surface area contributed by atoms with Crippen molar-refractivity contribution in [2.24, 2.45) is 5.92 Å². The summed E-state index contributed by atoms with van der Waals surface area (Å²) in [4.78, 5) is 26.4. The van der Waals surface area contributed by atoms with Gasteiger partial charge >= 0.3 is 0 Å². The molecule has 0 saturated carbocycles. The highest BCUT2D eigenvalue weighted by atomic mass is 35.5. The fourth-order valence-corrected chi connectivity index (χ4v) is 5.71. The topological polar surface area (TPSA) is 102 Å². The number of benzene rings is 1. The molecule has 0 aliphatic carbocycles. The summed E-state index contributed by atoms with van der Waals surface area (Å²) in [6.07, 6.45) is 5.57. The third-order valence-corrected chi connectivity index (χ3v) is 8.15. The number of aromatic nitrogens is 4. The number of piperidine rings is 2. The van der Waals surface area contributed by atoms with E-state index in [2.05, 4.69) is 73.6 Å². The predicted octanol–water partition coefficient (Wildman–Crippen LogP) is 5.31. The Hall–Kier alpha value is -3.17. The van der Waals surface area contributed by atoms with Gasteiger partial charge in [0.25, 0.3) is 0 Å². The van der Waals surface area contributed by atoms with Gasteiger partial charge in [-0.05, 0) is 95.3 Å². The molecule has 5 rings (SSSR count). The van der Waals surface area contributed by atoms with Crippen molar-refractivity contribution < 1.29 is 4.79 Å². The number of aromatic amines is 1. The number of halogens is 1. The molecule has 3 aromatic rings. The number of carbonyl (C=O) groups excluding carboxylic acids is 1. The molecule has 0 atom stereocenters. The zero-order valence-electron chi connectivity index (χ0n) is 22.6. The fourth-order valence-electron chi connectivity index (χ4n) is 5.58. The summed E-state index contributed by atoms with van der Waals surface area (Å²) < 4.78 is 0. The second-order valence-corrected chi connectivity index (χ2v) is 11.2. The molecule has 2 aromatic heterocycles. The van der Waals surface area contributed by atoms with Crippen LogP contribution in [-0.4, -0.2) is 69.1 Å². The van der Waals surface area contributed by atoms with Crippen molar-refractivity contribution in [3.8, 4) is 0 Å². The highest BCUT2D eigenvalue weighted by Gasteiger charge is 2.31. The van der Waals surface area contributed by atoms with Crippen molar-refractivity contribution >= 4 is 40.8 Å². The lowest BCUT2D eigenvalue weighted by molar-refractivity contribution is -0.138. The second-order valence-electron chi connectivity index (χ2n) is 10.8. The fraction of sp³-hybridized carbons (Fsp3) is 0.500. The molecule has 3 N–H and O–H groups in total. The minimum Gasteiger partial charge on any atom is -0.342 e. The lowest BCUT2D eigenvalue weighted by atomic mass is 9.85. The Kier molecular flexibility index (Phi) is 7.85. The van der Waals surface area contributed by atoms with Gasteiger partial charge in [0.15, 0.2) is 11.6 Å². The van der Waals surface area contributed by atoms with Crippen LogP contribution in [-0.2, 0) is 4.79 Å². The van der Waals surface area contributed by atoms with Gasteiger partial charge in [-0.2, -0.15) is 10.1 Å². The van der Waals surface area contributed by atoms with Gasteiger partial charge in [0, 0.05) is 36.5 Å². The molecule has 2 aliphatic heterocycles. The van der Waals surface area contributed by atoms with Crippen LogP contribution in [0.1, 0.15) is 54.0 Å². The molecule has 202 valence electrons. The number of hydrogen-bond donors (Lipinski definition) is 3. The van der Waals surface area contributed by atoms with Crippen molar-refractivity contribution in [3.05, 3.63) is 51.8 Å². The summed E-state index contributed by atoms with van der Waals surface area (Å²) in [5.74, 6) is 2.62. The van der Waals surface area contributed by atoms with Gasteiger partial charge in [-0.15, -0.1) is 0 Å². The van der Waals surface area contributed by atoms with Gasteiger partial charge in [0.2, 0.25) is 11.9 Å². The zero-order chi connectivity index (χ0) is 26.8. The monoisotopic (exact) mass is 536 g/mol. The van der Waals surface area contributed by atoms with Crippen LogP contribution >= 0.6 is 11.6 Å². The molecule has 0 unspecified atom stereocenters. The molecule has 2 fully saturated rings. The van der Waals surface area contributed by atoms with E-state index in [1.54, 1.807) is 6.20 Å². The number of nitrogens with one attached hydrogen (secondary N) is 3. The molecule has 0 bridgehead atoms. The molecule has 2 aliphatic rings. The number of carbonyl (C=O) groups is 1. The van der Waals surface area contributed by atoms with Crippen LogP contribution in [0, 0.1) is 26.7 Å². The minimum absolute atomic E-state index is 0.200. The molecule has 1 amide bonds. The average Bonchev–Trinajstić information content (AvgIpc) is 3.32. The smallest absolute Gasteiger partial charge is 0.229 e. The lowest BCUT2D eigenvalue weighted by Gasteiger charge is -2.37. The van der Waals surface area contributed by atoms with Gasteiger partial charge in [-0.25, -0.2) is 4.98 Å². The summed E-state index contributed by atoms with van der Waals surface area (Å²) in [5.41, 5.74) is 5.64. The van der Waals surface area contributed by atoms with E-state index in [0.717, 1.165) is 68.8 Å². The molecule has 9 nitrogen and oxygen atoms in total. The maximum atomic E-state index is 13.1. The number of rotatable bonds is 6. The number of amides is 1. The van der Waals surface area contributed by atoms with Gasteiger partial charge < -0.3 is 20.4 Å². The van der Waals surface area contributed by atoms with Crippen LogP contribution in [0.15, 0.2) is 24.4 Å². The molecule has 38 heavy (non-hydrogen) atoms. The van der Waals surface area contributed by atoms with Crippen molar-refractivity contribution in [2.75, 3.05) is 43.9 Å². The van der Waals surface area contributed by atoms with Crippen LogP contribution in [0.25, 0.3) is 0 Å². The van der Waals surface area contributed by atoms with E-state index in [9.17, 15) is 4.79 Å². The maximum absolute atomic E-state index is 13.1. The molecule has 2 saturated heterocycles. The highest BCUT2D eigenvalue weighted by Crippen LogP contribution is 2.35. The van der Waals surface area contributed by atoms with Crippen LogP contribution in [0.5, 0.6) is 0 Å². The molecular formula is C28H37ClN8O. The minimum atomic E-state index is 0.200. The number of nitrogens with zero attached hydrogens (tertiary/aromatic N) is 5. The maximum Gasteiger partial charge on any atom is 0.229 e. The van der Waals surface area contributed by atoms with E-state index >= 15 is 0 Å². The van der Waals surface area contributed by atoms with E-state index in [1.807, 2.05) is 13.0 Å². The Morgan fingerprint density at radius 3 is 2.42 bits per heavy atom. The SMILES string of the molecule is Cc1cc(Nc2nc(Nc3cc(C)c(C4CCN(C(=O)C5CCN(C)CC5)CC4)cc3C)ncc2Cl)n[nH]1. The van der Waals surface area contributed by atoms with E-state index in [4.69, 9.17) is 11.6 Å². The van der Waals surface area contributed by atoms with E-state index in [0.29, 0.717) is 34.4 Å².